The van der Waals surface area contributed by atoms with Crippen LogP contribution >= 0.6 is 0 Å². The number of phenolic OH excluding ortho intramolecular Hbond substituents is 1. The minimum Gasteiger partial charge on any atom is -0.508 e. The molecule has 0 aliphatic carbocycles. The number of nitrogens with zero attached hydrogens (tertiary/aromatic N) is 1. The Morgan fingerprint density at radius 3 is 2.75 bits per heavy atom. The molecule has 0 saturated carbocycles. The largest absolute Gasteiger partial charge is 0.508 e. The number of hydrogen-bond acceptors (Lipinski definition) is 5. The molecule has 124 valence electrons. The van der Waals surface area contributed by atoms with Crippen LogP contribution in [0.1, 0.15) is 20.7 Å². The van der Waals surface area contributed by atoms with Gasteiger partial charge in [0.2, 0.25) is 0 Å². The van der Waals surface area contributed by atoms with Gasteiger partial charge in [-0.05, 0) is 24.3 Å². The molecule has 1 aliphatic heterocycles. The maximum Gasteiger partial charge on any atom is 0.335 e. The third-order valence-corrected chi connectivity index (χ3v) is 3.59. The van der Waals surface area contributed by atoms with Gasteiger partial charge >= 0.3 is 5.97 Å². The van der Waals surface area contributed by atoms with Crippen LogP contribution in [0.4, 0.5) is 0 Å². The fourth-order valence-corrected chi connectivity index (χ4v) is 2.36. The predicted molar refractivity (Wildman–Crippen MR) is 84.0 cm³/mol. The Morgan fingerprint density at radius 1 is 1.21 bits per heavy atom. The van der Waals surface area contributed by atoms with Crippen LogP contribution in [0.3, 0.4) is 0 Å². The molecule has 1 amide bonds. The Kier molecular flexibility index (Phi) is 3.99. The normalized spacial score (nSPS) is 13.7. The number of carbonyl (C=O) groups excluding carboxylic acids is 1. The van der Waals surface area contributed by atoms with Crippen molar-refractivity contribution in [2.24, 2.45) is 0 Å². The number of amides is 1. The smallest absolute Gasteiger partial charge is 0.335 e. The van der Waals surface area contributed by atoms with Crippen molar-refractivity contribution in [1.82, 2.24) is 4.90 Å². The topological polar surface area (TPSA) is 96.3 Å². The molecule has 2 N–H and O–H groups in total. The fourth-order valence-electron chi connectivity index (χ4n) is 2.36. The number of rotatable bonds is 3. The molecule has 0 atom stereocenters. The molecule has 0 aromatic heterocycles. The Bertz CT molecular complexity index is 817. The number of benzene rings is 2. The average molecular weight is 329 g/mol. The summed E-state index contributed by atoms with van der Waals surface area (Å²) < 4.78 is 11.2. The molecule has 24 heavy (non-hydrogen) atoms. The van der Waals surface area contributed by atoms with E-state index in [0.717, 1.165) is 6.07 Å². The van der Waals surface area contributed by atoms with Gasteiger partial charge < -0.3 is 24.6 Å². The molecule has 2 aromatic carbocycles. The summed E-state index contributed by atoms with van der Waals surface area (Å²) in [6.07, 6.45) is 0. The highest BCUT2D eigenvalue weighted by Crippen LogP contribution is 2.32. The van der Waals surface area contributed by atoms with E-state index in [-0.39, 0.29) is 23.0 Å². The van der Waals surface area contributed by atoms with Gasteiger partial charge in [0.1, 0.15) is 29.6 Å². The van der Waals surface area contributed by atoms with Crippen LogP contribution in [0.25, 0.3) is 0 Å². The van der Waals surface area contributed by atoms with Crippen LogP contribution in [0.2, 0.25) is 0 Å². The highest BCUT2D eigenvalue weighted by Gasteiger charge is 2.21. The van der Waals surface area contributed by atoms with Crippen LogP contribution in [-0.2, 0) is 0 Å². The van der Waals surface area contributed by atoms with Gasteiger partial charge in [-0.25, -0.2) is 4.79 Å². The van der Waals surface area contributed by atoms with Crippen molar-refractivity contribution >= 4 is 11.9 Å². The molecule has 7 nitrogen and oxygen atoms in total. The van der Waals surface area contributed by atoms with E-state index in [1.807, 2.05) is 0 Å². The quantitative estimate of drug-likeness (QED) is 0.897. The lowest BCUT2D eigenvalue weighted by atomic mass is 10.1. The summed E-state index contributed by atoms with van der Waals surface area (Å²) >= 11 is 0. The van der Waals surface area contributed by atoms with Crippen molar-refractivity contribution in [3.05, 3.63) is 47.5 Å². The summed E-state index contributed by atoms with van der Waals surface area (Å²) in [5, 5.41) is 18.6. The van der Waals surface area contributed by atoms with E-state index in [4.69, 9.17) is 14.6 Å². The summed E-state index contributed by atoms with van der Waals surface area (Å²) in [7, 11) is 1.70. The number of carboxylic acids is 1. The lowest BCUT2D eigenvalue weighted by Gasteiger charge is -2.13. The maximum absolute atomic E-state index is 12.2. The number of fused-ring (bicyclic) bond motifs is 1. The minimum absolute atomic E-state index is 0.0900. The van der Waals surface area contributed by atoms with Gasteiger partial charge in [-0.2, -0.15) is 0 Å². The highest BCUT2D eigenvalue weighted by atomic mass is 16.5. The van der Waals surface area contributed by atoms with Gasteiger partial charge in [0, 0.05) is 19.2 Å². The summed E-state index contributed by atoms with van der Waals surface area (Å²) in [5.74, 6) is -0.583. The third-order valence-electron chi connectivity index (χ3n) is 3.59. The Balaban J connectivity index is 1.91. The zero-order chi connectivity index (χ0) is 17.3. The molecule has 1 heterocycles. The van der Waals surface area contributed by atoms with Crippen molar-refractivity contribution in [2.45, 2.75) is 0 Å². The first-order valence-electron chi connectivity index (χ1n) is 7.21. The van der Waals surface area contributed by atoms with Crippen LogP contribution < -0.4 is 9.47 Å². The maximum atomic E-state index is 12.2. The van der Waals surface area contributed by atoms with Crippen molar-refractivity contribution in [2.75, 3.05) is 20.2 Å². The van der Waals surface area contributed by atoms with Crippen molar-refractivity contribution in [1.29, 1.82) is 0 Å². The van der Waals surface area contributed by atoms with E-state index in [0.29, 0.717) is 30.2 Å². The molecule has 0 bridgehead atoms. The van der Waals surface area contributed by atoms with Gasteiger partial charge in [0.25, 0.3) is 5.91 Å². The van der Waals surface area contributed by atoms with E-state index in [9.17, 15) is 14.7 Å². The van der Waals surface area contributed by atoms with Crippen LogP contribution in [-0.4, -0.2) is 47.2 Å². The molecule has 7 heteroatoms. The number of phenols is 1. The molecule has 2 aromatic rings. The summed E-state index contributed by atoms with van der Waals surface area (Å²) in [6, 6.07) is 8.48. The lowest BCUT2D eigenvalue weighted by Crippen LogP contribution is -2.27. The second kappa shape index (κ2) is 6.11. The van der Waals surface area contributed by atoms with E-state index in [2.05, 4.69) is 0 Å². The SMILES string of the molecule is CN1CCOc2cc(Oc3cc(O)cc(C(=O)O)c3)ccc2C1=O. The van der Waals surface area contributed by atoms with E-state index in [1.54, 1.807) is 30.1 Å². The zero-order valence-electron chi connectivity index (χ0n) is 12.9. The van der Waals surface area contributed by atoms with Crippen molar-refractivity contribution in [3.8, 4) is 23.0 Å². The van der Waals surface area contributed by atoms with Gasteiger partial charge in [-0.3, -0.25) is 4.79 Å². The standard InChI is InChI=1S/C17H15NO6/c1-18-4-5-23-15-9-12(2-3-14(15)16(18)20)24-13-7-10(17(21)22)6-11(19)8-13/h2-3,6-9,19H,4-5H2,1H3,(H,21,22). The predicted octanol–water partition coefficient (Wildman–Crippen LogP) is 2.35. The Labute approximate surface area is 137 Å². The molecule has 0 saturated heterocycles. The molecule has 0 radical (unpaired) electrons. The van der Waals surface area contributed by atoms with Gasteiger partial charge in [0.15, 0.2) is 0 Å². The number of hydrogen-bond donors (Lipinski definition) is 2. The molecule has 0 fully saturated rings. The Hall–Kier alpha value is -3.22. The molecule has 3 rings (SSSR count). The van der Waals surface area contributed by atoms with Crippen LogP contribution in [0.15, 0.2) is 36.4 Å². The number of carbonyl (C=O) groups is 2. The highest BCUT2D eigenvalue weighted by molar-refractivity contribution is 5.97. The number of likely N-dealkylation sites (N-methyl/N-ethyl adjacent to an activating group) is 1. The lowest BCUT2D eigenvalue weighted by molar-refractivity contribution is 0.0695. The number of carboxylic acid groups (broad SMARTS) is 1. The minimum atomic E-state index is -1.17. The van der Waals surface area contributed by atoms with Gasteiger partial charge in [0.05, 0.1) is 17.7 Å². The fraction of sp³-hybridized carbons (Fsp3) is 0.176. The van der Waals surface area contributed by atoms with Crippen LogP contribution in [0, 0.1) is 0 Å². The first kappa shape index (κ1) is 15.7. The molecular weight excluding hydrogens is 314 g/mol. The summed E-state index contributed by atoms with van der Waals surface area (Å²) in [5.41, 5.74) is 0.345. The average Bonchev–Trinajstić information content (AvgIpc) is 2.66. The van der Waals surface area contributed by atoms with E-state index in [1.165, 1.54) is 12.1 Å². The molecule has 1 aliphatic rings. The molecule has 0 spiro atoms. The van der Waals surface area contributed by atoms with Crippen LogP contribution in [0.5, 0.6) is 23.0 Å². The zero-order valence-corrected chi connectivity index (χ0v) is 12.9. The van der Waals surface area contributed by atoms with Gasteiger partial charge in [-0.1, -0.05) is 0 Å². The monoisotopic (exact) mass is 329 g/mol. The second-order valence-electron chi connectivity index (χ2n) is 5.36. The van der Waals surface area contributed by atoms with E-state index >= 15 is 0 Å². The molecule has 0 unspecified atom stereocenters. The van der Waals surface area contributed by atoms with Gasteiger partial charge in [-0.15, -0.1) is 0 Å². The first-order chi connectivity index (χ1) is 11.4. The van der Waals surface area contributed by atoms with E-state index < -0.39 is 5.97 Å². The van der Waals surface area contributed by atoms with Crippen molar-refractivity contribution in [3.63, 3.8) is 0 Å². The first-order valence-corrected chi connectivity index (χ1v) is 7.21. The number of aromatic hydroxyl groups is 1. The number of aromatic carboxylic acids is 1. The molecular formula is C17H15NO6. The summed E-state index contributed by atoms with van der Waals surface area (Å²) in [6.45, 7) is 0.853. The number of ether oxygens (including phenoxy) is 2. The third kappa shape index (κ3) is 3.10. The Morgan fingerprint density at radius 2 is 2.00 bits per heavy atom. The summed E-state index contributed by atoms with van der Waals surface area (Å²) in [4.78, 5) is 24.8. The second-order valence-corrected chi connectivity index (χ2v) is 5.36. The van der Waals surface area contributed by atoms with Crippen molar-refractivity contribution < 1.29 is 29.3 Å².